The van der Waals surface area contributed by atoms with Gasteiger partial charge in [0.2, 0.25) is 0 Å². The van der Waals surface area contributed by atoms with E-state index < -0.39 is 0 Å². The fraction of sp³-hybridized carbons (Fsp3) is 0.111. The molecule has 3 heteroatoms. The van der Waals surface area contributed by atoms with Gasteiger partial charge in [0, 0.05) is 32.9 Å². The van der Waals surface area contributed by atoms with E-state index in [1.807, 2.05) is 18.3 Å². The lowest BCUT2D eigenvalue weighted by atomic mass is 9.86. The third-order valence-electron chi connectivity index (χ3n) is 8.30. The number of rotatable bonds is 2. The zero-order valence-electron chi connectivity index (χ0n) is 21.9. The molecule has 0 aliphatic heterocycles. The molecule has 0 bridgehead atoms. The van der Waals surface area contributed by atoms with Crippen molar-refractivity contribution in [1.82, 2.24) is 9.97 Å². The van der Waals surface area contributed by atoms with Crippen molar-refractivity contribution in [2.75, 3.05) is 0 Å². The quantitative estimate of drug-likeness (QED) is 0.227. The number of hydrogen-bond donors (Lipinski definition) is 0. The van der Waals surface area contributed by atoms with Crippen LogP contribution in [0.3, 0.4) is 0 Å². The highest BCUT2D eigenvalue weighted by atomic mass is 16.3. The SMILES string of the molecule is Cc1cc(C2C=c3c(oc4ccccc34)=CC2)c(C)cc1-c1cnc2c3ccccc3c3ccccc3c2n1. The van der Waals surface area contributed by atoms with E-state index in [9.17, 15) is 0 Å². The normalized spacial score (nSPS) is 15.0. The van der Waals surface area contributed by atoms with E-state index in [0.717, 1.165) is 50.5 Å². The molecule has 0 amide bonds. The van der Waals surface area contributed by atoms with Gasteiger partial charge >= 0.3 is 0 Å². The summed E-state index contributed by atoms with van der Waals surface area (Å²) in [5, 5.41) is 7.11. The molecular formula is C36H26N2O. The third kappa shape index (κ3) is 3.36. The first-order chi connectivity index (χ1) is 19.2. The molecule has 0 saturated heterocycles. The van der Waals surface area contributed by atoms with Crippen molar-refractivity contribution in [3.8, 4) is 11.3 Å². The second-order valence-electron chi connectivity index (χ2n) is 10.7. The Hall–Kier alpha value is -4.76. The maximum Gasteiger partial charge on any atom is 0.135 e. The van der Waals surface area contributed by atoms with Crippen LogP contribution in [0.5, 0.6) is 0 Å². The van der Waals surface area contributed by atoms with E-state index in [1.54, 1.807) is 0 Å². The van der Waals surface area contributed by atoms with Gasteiger partial charge in [-0.05, 0) is 65.9 Å². The largest absolute Gasteiger partial charge is 0.456 e. The molecule has 0 radical (unpaired) electrons. The highest BCUT2D eigenvalue weighted by Gasteiger charge is 2.19. The molecule has 7 aromatic rings. The Morgan fingerprint density at radius 2 is 1.38 bits per heavy atom. The summed E-state index contributed by atoms with van der Waals surface area (Å²) in [4.78, 5) is 10.2. The van der Waals surface area contributed by atoms with Crippen molar-refractivity contribution < 1.29 is 4.42 Å². The molecule has 1 aliphatic rings. The van der Waals surface area contributed by atoms with Gasteiger partial charge in [0.25, 0.3) is 0 Å². The average molecular weight is 503 g/mol. The second kappa shape index (κ2) is 8.37. The van der Waals surface area contributed by atoms with Crippen molar-refractivity contribution in [2.45, 2.75) is 26.2 Å². The summed E-state index contributed by atoms with van der Waals surface area (Å²) in [6.07, 6.45) is 7.50. The first-order valence-electron chi connectivity index (χ1n) is 13.5. The van der Waals surface area contributed by atoms with E-state index in [1.165, 1.54) is 38.1 Å². The van der Waals surface area contributed by atoms with Crippen LogP contribution in [0.25, 0.3) is 67.0 Å². The maximum atomic E-state index is 6.10. The molecule has 0 N–H and O–H groups in total. The first-order valence-corrected chi connectivity index (χ1v) is 13.5. The molecule has 1 aliphatic carbocycles. The van der Waals surface area contributed by atoms with Crippen LogP contribution in [0.15, 0.2) is 95.5 Å². The summed E-state index contributed by atoms with van der Waals surface area (Å²) in [7, 11) is 0. The van der Waals surface area contributed by atoms with E-state index >= 15 is 0 Å². The highest BCUT2D eigenvalue weighted by molar-refractivity contribution is 6.23. The van der Waals surface area contributed by atoms with Gasteiger partial charge in [-0.25, -0.2) is 4.98 Å². The number of fused-ring (bicyclic) bond motifs is 9. The van der Waals surface area contributed by atoms with Gasteiger partial charge in [-0.15, -0.1) is 0 Å². The van der Waals surface area contributed by atoms with E-state index in [4.69, 9.17) is 14.4 Å². The molecular weight excluding hydrogens is 476 g/mol. The molecule has 39 heavy (non-hydrogen) atoms. The molecule has 0 fully saturated rings. The lowest BCUT2D eigenvalue weighted by Crippen LogP contribution is -2.25. The van der Waals surface area contributed by atoms with Crippen molar-refractivity contribution in [1.29, 1.82) is 0 Å². The number of benzene rings is 5. The molecule has 0 saturated carbocycles. The summed E-state index contributed by atoms with van der Waals surface area (Å²) >= 11 is 0. The molecule has 1 unspecified atom stereocenters. The topological polar surface area (TPSA) is 38.9 Å². The molecule has 1 atom stereocenters. The van der Waals surface area contributed by atoms with Crippen LogP contribution in [-0.4, -0.2) is 9.97 Å². The van der Waals surface area contributed by atoms with E-state index in [2.05, 4.69) is 98.8 Å². The minimum Gasteiger partial charge on any atom is -0.456 e. The lowest BCUT2D eigenvalue weighted by molar-refractivity contribution is 0.570. The van der Waals surface area contributed by atoms with E-state index in [-0.39, 0.29) is 0 Å². The number of aryl methyl sites for hydroxylation is 2. The smallest absolute Gasteiger partial charge is 0.135 e. The number of nitrogens with zero attached hydrogens (tertiary/aromatic N) is 2. The zero-order chi connectivity index (χ0) is 26.1. The van der Waals surface area contributed by atoms with Crippen molar-refractivity contribution in [2.24, 2.45) is 0 Å². The summed E-state index contributed by atoms with van der Waals surface area (Å²) in [5.74, 6) is 0.309. The third-order valence-corrected chi connectivity index (χ3v) is 8.30. The van der Waals surface area contributed by atoms with Gasteiger partial charge in [0.05, 0.1) is 22.9 Å². The van der Waals surface area contributed by atoms with E-state index in [0.29, 0.717) is 5.92 Å². The zero-order valence-corrected chi connectivity index (χ0v) is 21.9. The summed E-state index contributed by atoms with van der Waals surface area (Å²) in [6.45, 7) is 4.40. The molecule has 0 spiro atoms. The molecule has 3 nitrogen and oxygen atoms in total. The summed E-state index contributed by atoms with van der Waals surface area (Å²) < 4.78 is 6.10. The fourth-order valence-electron chi connectivity index (χ4n) is 6.39. The van der Waals surface area contributed by atoms with Gasteiger partial charge < -0.3 is 4.42 Å². The van der Waals surface area contributed by atoms with Gasteiger partial charge in [-0.1, -0.05) is 78.9 Å². The Labute approximate surface area is 225 Å². The number of para-hydroxylation sites is 1. The van der Waals surface area contributed by atoms with Crippen molar-refractivity contribution >= 4 is 55.7 Å². The van der Waals surface area contributed by atoms with Crippen LogP contribution in [-0.2, 0) is 0 Å². The standard InChI is InChI=1S/C36H26N2O/c1-21-18-30(22(2)17-29(21)23-15-16-34-31(19-23)26-11-7-8-14-33(26)39-34)32-20-37-35-27-12-5-3-9-24(27)25-10-4-6-13-28(25)36(35)38-32/h3-14,16-20,23H,15H2,1-2H3. The monoisotopic (exact) mass is 502 g/mol. The molecule has 5 aromatic carbocycles. The minimum atomic E-state index is 0.309. The summed E-state index contributed by atoms with van der Waals surface area (Å²) in [5.41, 5.74) is 9.74. The average Bonchev–Trinajstić information content (AvgIpc) is 3.36. The Bertz CT molecular complexity index is 2200. The van der Waals surface area contributed by atoms with Crippen molar-refractivity contribution in [3.05, 3.63) is 118 Å². The first kappa shape index (κ1) is 22.2. The molecule has 8 rings (SSSR count). The predicted molar refractivity (Wildman–Crippen MR) is 161 cm³/mol. The Balaban J connectivity index is 1.28. The predicted octanol–water partition coefficient (Wildman–Crippen LogP) is 7.71. The van der Waals surface area contributed by atoms with Gasteiger partial charge in [0.1, 0.15) is 11.0 Å². The Kier molecular flexibility index (Phi) is 4.78. The molecule has 186 valence electrons. The maximum absolute atomic E-state index is 6.10. The van der Waals surface area contributed by atoms with Gasteiger partial charge in [-0.2, -0.15) is 0 Å². The van der Waals surface area contributed by atoms with Gasteiger partial charge in [-0.3, -0.25) is 4.98 Å². The number of hydrogen-bond acceptors (Lipinski definition) is 3. The van der Waals surface area contributed by atoms with Crippen LogP contribution in [0.4, 0.5) is 0 Å². The van der Waals surface area contributed by atoms with Crippen LogP contribution >= 0.6 is 0 Å². The Morgan fingerprint density at radius 3 is 2.15 bits per heavy atom. The molecule has 2 aromatic heterocycles. The fourth-order valence-corrected chi connectivity index (χ4v) is 6.39. The Morgan fingerprint density at radius 1 is 0.718 bits per heavy atom. The minimum absolute atomic E-state index is 0.309. The van der Waals surface area contributed by atoms with Gasteiger partial charge in [0.15, 0.2) is 0 Å². The highest BCUT2D eigenvalue weighted by Crippen LogP contribution is 2.36. The van der Waals surface area contributed by atoms with Crippen molar-refractivity contribution in [3.63, 3.8) is 0 Å². The second-order valence-corrected chi connectivity index (χ2v) is 10.7. The number of furan rings is 1. The van der Waals surface area contributed by atoms with Crippen LogP contribution in [0.1, 0.15) is 29.0 Å². The van der Waals surface area contributed by atoms with Crippen LogP contribution in [0, 0.1) is 13.8 Å². The summed E-state index contributed by atoms with van der Waals surface area (Å²) in [6, 6.07) is 30.0. The molecule has 2 heterocycles. The lowest BCUT2D eigenvalue weighted by Gasteiger charge is -2.19. The number of aromatic nitrogens is 2. The van der Waals surface area contributed by atoms with Crippen LogP contribution in [0.2, 0.25) is 0 Å². The van der Waals surface area contributed by atoms with Crippen LogP contribution < -0.4 is 10.6 Å².